The number of methoxy groups -OCH3 is 2. The maximum Gasteiger partial charge on any atom is 0.262 e. The van der Waals surface area contributed by atoms with Gasteiger partial charge in [0.2, 0.25) is 5.75 Å². The molecule has 1 N–H and O–H groups in total. The number of halogens is 1. The molecule has 23 heavy (non-hydrogen) atoms. The molecule has 0 radical (unpaired) electrons. The average Bonchev–Trinajstić information content (AvgIpc) is 2.55. The van der Waals surface area contributed by atoms with Gasteiger partial charge in [-0.25, -0.2) is 0 Å². The van der Waals surface area contributed by atoms with Gasteiger partial charge in [-0.1, -0.05) is 17.7 Å². The van der Waals surface area contributed by atoms with Gasteiger partial charge in [0.15, 0.2) is 18.1 Å². The average molecular weight is 336 g/mol. The van der Waals surface area contributed by atoms with Crippen molar-refractivity contribution in [3.8, 4) is 17.2 Å². The topological polar surface area (TPSA) is 56.8 Å². The number of hydrogen-bond acceptors (Lipinski definition) is 4. The monoisotopic (exact) mass is 335 g/mol. The Morgan fingerprint density at radius 1 is 1.13 bits per heavy atom. The molecule has 0 heterocycles. The van der Waals surface area contributed by atoms with Crippen LogP contribution in [0, 0.1) is 6.92 Å². The molecule has 1 amide bonds. The van der Waals surface area contributed by atoms with Gasteiger partial charge in [0.25, 0.3) is 5.91 Å². The molecule has 6 heteroatoms. The highest BCUT2D eigenvalue weighted by Crippen LogP contribution is 2.36. The molecule has 2 rings (SSSR count). The lowest BCUT2D eigenvalue weighted by atomic mass is 10.2. The van der Waals surface area contributed by atoms with Crippen molar-refractivity contribution < 1.29 is 19.0 Å². The van der Waals surface area contributed by atoms with Crippen LogP contribution >= 0.6 is 11.6 Å². The highest BCUT2D eigenvalue weighted by atomic mass is 35.5. The van der Waals surface area contributed by atoms with Crippen LogP contribution < -0.4 is 19.5 Å². The van der Waals surface area contributed by atoms with Crippen LogP contribution in [0.4, 0.5) is 5.69 Å². The minimum atomic E-state index is -0.278. The van der Waals surface area contributed by atoms with Crippen LogP contribution in [-0.4, -0.2) is 26.7 Å². The van der Waals surface area contributed by atoms with Crippen LogP contribution in [0.5, 0.6) is 17.2 Å². The van der Waals surface area contributed by atoms with Crippen molar-refractivity contribution in [3.05, 3.63) is 47.0 Å². The molecule has 0 spiro atoms. The zero-order valence-electron chi connectivity index (χ0n) is 13.2. The van der Waals surface area contributed by atoms with Crippen LogP contribution in [0.2, 0.25) is 5.02 Å². The van der Waals surface area contributed by atoms with Gasteiger partial charge in [0.1, 0.15) is 0 Å². The van der Waals surface area contributed by atoms with E-state index < -0.39 is 0 Å². The van der Waals surface area contributed by atoms with E-state index >= 15 is 0 Å². The standard InChI is InChI=1S/C17H18ClNO4/c1-11-9-12(18)7-8-13(11)19-16(20)10-23-15-6-4-5-14(21-2)17(15)22-3/h4-9H,10H2,1-3H3,(H,19,20). The Balaban J connectivity index is 2.02. The Hall–Kier alpha value is -2.40. The lowest BCUT2D eigenvalue weighted by Crippen LogP contribution is -2.20. The molecule has 0 saturated heterocycles. The number of carbonyl (C=O) groups excluding carboxylic acids is 1. The number of anilines is 1. The maximum absolute atomic E-state index is 12.0. The van der Waals surface area contributed by atoms with Gasteiger partial charge in [-0.15, -0.1) is 0 Å². The molecule has 0 aromatic heterocycles. The summed E-state index contributed by atoms with van der Waals surface area (Å²) < 4.78 is 16.0. The summed E-state index contributed by atoms with van der Waals surface area (Å²) in [4.78, 5) is 12.0. The van der Waals surface area contributed by atoms with E-state index in [1.54, 1.807) is 36.4 Å². The van der Waals surface area contributed by atoms with E-state index in [0.717, 1.165) is 5.56 Å². The summed E-state index contributed by atoms with van der Waals surface area (Å²) in [5.41, 5.74) is 1.57. The molecule has 5 nitrogen and oxygen atoms in total. The second-order valence-electron chi connectivity index (χ2n) is 4.79. The molecule has 0 unspecified atom stereocenters. The van der Waals surface area contributed by atoms with Crippen LogP contribution in [0.3, 0.4) is 0 Å². The van der Waals surface area contributed by atoms with E-state index in [4.69, 9.17) is 25.8 Å². The third-order valence-corrected chi connectivity index (χ3v) is 3.42. The Morgan fingerprint density at radius 3 is 2.52 bits per heavy atom. The Labute approximate surface area is 140 Å². The van der Waals surface area contributed by atoms with Gasteiger partial charge in [0, 0.05) is 10.7 Å². The number of para-hydroxylation sites is 1. The van der Waals surface area contributed by atoms with Crippen molar-refractivity contribution in [1.82, 2.24) is 0 Å². The van der Waals surface area contributed by atoms with Crippen molar-refractivity contribution >= 4 is 23.2 Å². The summed E-state index contributed by atoms with van der Waals surface area (Å²) in [6, 6.07) is 10.5. The fraction of sp³-hybridized carbons (Fsp3) is 0.235. The molecule has 122 valence electrons. The molecular formula is C17H18ClNO4. The Morgan fingerprint density at radius 2 is 1.87 bits per heavy atom. The third kappa shape index (κ3) is 4.29. The summed E-state index contributed by atoms with van der Waals surface area (Å²) in [6.45, 7) is 1.72. The second-order valence-corrected chi connectivity index (χ2v) is 5.22. The van der Waals surface area contributed by atoms with Crippen LogP contribution in [0.15, 0.2) is 36.4 Å². The highest BCUT2D eigenvalue weighted by Gasteiger charge is 2.12. The first-order valence-electron chi connectivity index (χ1n) is 6.95. The zero-order chi connectivity index (χ0) is 16.8. The summed E-state index contributed by atoms with van der Waals surface area (Å²) in [5, 5.41) is 3.40. The smallest absolute Gasteiger partial charge is 0.262 e. The molecule has 0 fully saturated rings. The van der Waals surface area contributed by atoms with Crippen LogP contribution in [0.1, 0.15) is 5.56 Å². The van der Waals surface area contributed by atoms with Gasteiger partial charge < -0.3 is 19.5 Å². The number of nitrogens with one attached hydrogen (secondary N) is 1. The molecule has 0 bridgehead atoms. The molecule has 2 aromatic carbocycles. The molecule has 0 atom stereocenters. The first kappa shape index (κ1) is 17.0. The van der Waals surface area contributed by atoms with Gasteiger partial charge in [-0.05, 0) is 42.8 Å². The van der Waals surface area contributed by atoms with E-state index in [1.165, 1.54) is 14.2 Å². The van der Waals surface area contributed by atoms with E-state index in [9.17, 15) is 4.79 Å². The first-order valence-corrected chi connectivity index (χ1v) is 7.32. The van der Waals surface area contributed by atoms with Gasteiger partial charge in [-0.2, -0.15) is 0 Å². The number of rotatable bonds is 6. The largest absolute Gasteiger partial charge is 0.493 e. The van der Waals surface area contributed by atoms with Crippen molar-refractivity contribution in [2.75, 3.05) is 26.1 Å². The minimum absolute atomic E-state index is 0.147. The van der Waals surface area contributed by atoms with Crippen molar-refractivity contribution in [1.29, 1.82) is 0 Å². The fourth-order valence-electron chi connectivity index (χ4n) is 2.07. The predicted octanol–water partition coefficient (Wildman–Crippen LogP) is 3.68. The summed E-state index contributed by atoms with van der Waals surface area (Å²) in [5.74, 6) is 1.15. The molecular weight excluding hydrogens is 318 g/mol. The second kappa shape index (κ2) is 7.74. The quantitative estimate of drug-likeness (QED) is 0.874. The van der Waals surface area contributed by atoms with E-state index in [0.29, 0.717) is 28.0 Å². The lowest BCUT2D eigenvalue weighted by molar-refractivity contribution is -0.118. The number of hydrogen-bond donors (Lipinski definition) is 1. The third-order valence-electron chi connectivity index (χ3n) is 3.19. The fourth-order valence-corrected chi connectivity index (χ4v) is 2.29. The Bertz CT molecular complexity index is 703. The summed E-state index contributed by atoms with van der Waals surface area (Å²) >= 11 is 5.89. The van der Waals surface area contributed by atoms with Crippen molar-refractivity contribution in [2.24, 2.45) is 0 Å². The maximum atomic E-state index is 12.0. The first-order chi connectivity index (χ1) is 11.0. The summed E-state index contributed by atoms with van der Waals surface area (Å²) in [6.07, 6.45) is 0. The van der Waals surface area contributed by atoms with Crippen molar-refractivity contribution in [3.63, 3.8) is 0 Å². The number of carbonyl (C=O) groups is 1. The molecule has 2 aromatic rings. The predicted molar refractivity (Wildman–Crippen MR) is 89.9 cm³/mol. The number of ether oxygens (including phenoxy) is 3. The lowest BCUT2D eigenvalue weighted by Gasteiger charge is -2.14. The van der Waals surface area contributed by atoms with Crippen LogP contribution in [0.25, 0.3) is 0 Å². The number of aryl methyl sites for hydroxylation is 1. The number of amides is 1. The van der Waals surface area contributed by atoms with Gasteiger partial charge >= 0.3 is 0 Å². The van der Waals surface area contributed by atoms with E-state index in [-0.39, 0.29) is 12.5 Å². The molecule has 0 aliphatic rings. The summed E-state index contributed by atoms with van der Waals surface area (Å²) in [7, 11) is 3.06. The zero-order valence-corrected chi connectivity index (χ0v) is 13.9. The van der Waals surface area contributed by atoms with E-state index in [1.807, 2.05) is 6.92 Å². The Kier molecular flexibility index (Phi) is 5.71. The number of benzene rings is 2. The van der Waals surface area contributed by atoms with Gasteiger partial charge in [-0.3, -0.25) is 4.79 Å². The molecule has 0 aliphatic carbocycles. The van der Waals surface area contributed by atoms with Crippen molar-refractivity contribution in [2.45, 2.75) is 6.92 Å². The normalized spacial score (nSPS) is 10.1. The van der Waals surface area contributed by atoms with E-state index in [2.05, 4.69) is 5.32 Å². The molecule has 0 aliphatic heterocycles. The van der Waals surface area contributed by atoms with Gasteiger partial charge in [0.05, 0.1) is 14.2 Å². The SMILES string of the molecule is COc1cccc(OCC(=O)Nc2ccc(Cl)cc2C)c1OC. The highest BCUT2D eigenvalue weighted by molar-refractivity contribution is 6.30. The van der Waals surface area contributed by atoms with Crippen LogP contribution in [-0.2, 0) is 4.79 Å². The molecule has 0 saturated carbocycles. The minimum Gasteiger partial charge on any atom is -0.493 e.